The molecule has 0 aliphatic carbocycles. The third-order valence-corrected chi connectivity index (χ3v) is 2.20. The van der Waals surface area contributed by atoms with Gasteiger partial charge in [0, 0.05) is 12.1 Å². The number of nitro benzene ring substituents is 1. The zero-order chi connectivity index (χ0) is 12.1. The molecule has 0 atom stereocenters. The van der Waals surface area contributed by atoms with Gasteiger partial charge in [0.15, 0.2) is 0 Å². The summed E-state index contributed by atoms with van der Waals surface area (Å²) in [7, 11) is 1.78. The molecule has 1 aromatic rings. The fourth-order valence-corrected chi connectivity index (χ4v) is 1.35. The summed E-state index contributed by atoms with van der Waals surface area (Å²) in [5.74, 6) is -0.596. The molecule has 1 aromatic carbocycles. The van der Waals surface area contributed by atoms with Crippen molar-refractivity contribution < 1.29 is 9.31 Å². The van der Waals surface area contributed by atoms with Crippen LogP contribution in [0.1, 0.15) is 11.1 Å². The highest BCUT2D eigenvalue weighted by atomic mass is 19.1. The maximum Gasteiger partial charge on any atom is 0.275 e. The van der Waals surface area contributed by atoms with E-state index in [0.717, 1.165) is 6.07 Å². The number of nitrogens with zero attached hydrogens (tertiary/aromatic N) is 1. The molecule has 0 heterocycles. The number of benzene rings is 1. The van der Waals surface area contributed by atoms with Gasteiger partial charge < -0.3 is 5.32 Å². The van der Waals surface area contributed by atoms with E-state index in [1.54, 1.807) is 26.1 Å². The lowest BCUT2D eigenvalue weighted by molar-refractivity contribution is -0.385. The summed E-state index contributed by atoms with van der Waals surface area (Å²) in [6.07, 6.45) is 3.45. The number of nitro groups is 1. The largest absolute Gasteiger partial charge is 0.316 e. The molecule has 0 fully saturated rings. The predicted molar refractivity (Wildman–Crippen MR) is 60.8 cm³/mol. The van der Waals surface area contributed by atoms with E-state index in [1.165, 1.54) is 6.07 Å². The lowest BCUT2D eigenvalue weighted by atomic mass is 10.1. The molecule has 0 amide bonds. The van der Waals surface area contributed by atoms with Gasteiger partial charge in [-0.05, 0) is 25.6 Å². The van der Waals surface area contributed by atoms with Crippen LogP contribution in [0.5, 0.6) is 0 Å². The van der Waals surface area contributed by atoms with Gasteiger partial charge in [0.2, 0.25) is 0 Å². The summed E-state index contributed by atoms with van der Waals surface area (Å²) in [5, 5.41) is 13.6. The fourth-order valence-electron chi connectivity index (χ4n) is 1.35. The molecule has 86 valence electrons. The molecule has 16 heavy (non-hydrogen) atoms. The van der Waals surface area contributed by atoms with E-state index < -0.39 is 10.7 Å². The molecular weight excluding hydrogens is 211 g/mol. The molecule has 0 spiro atoms. The monoisotopic (exact) mass is 224 g/mol. The topological polar surface area (TPSA) is 55.2 Å². The van der Waals surface area contributed by atoms with Gasteiger partial charge in [-0.15, -0.1) is 0 Å². The van der Waals surface area contributed by atoms with E-state index in [1.807, 2.05) is 0 Å². The van der Waals surface area contributed by atoms with Crippen LogP contribution in [0.2, 0.25) is 0 Å². The Morgan fingerprint density at radius 3 is 2.81 bits per heavy atom. The van der Waals surface area contributed by atoms with Crippen LogP contribution in [0.15, 0.2) is 18.2 Å². The molecule has 1 N–H and O–H groups in total. The van der Waals surface area contributed by atoms with Crippen molar-refractivity contribution in [1.29, 1.82) is 0 Å². The molecule has 0 bridgehead atoms. The molecule has 4 nitrogen and oxygen atoms in total. The molecule has 0 aliphatic rings. The minimum Gasteiger partial charge on any atom is -0.316 e. The average Bonchev–Trinajstić information content (AvgIpc) is 2.22. The van der Waals surface area contributed by atoms with Gasteiger partial charge in [-0.2, -0.15) is 0 Å². The second-order valence-corrected chi connectivity index (χ2v) is 3.36. The molecule has 1 rings (SSSR count). The van der Waals surface area contributed by atoms with Gasteiger partial charge in [0.25, 0.3) is 5.69 Å². The summed E-state index contributed by atoms with van der Waals surface area (Å²) >= 11 is 0. The van der Waals surface area contributed by atoms with Gasteiger partial charge >= 0.3 is 0 Å². The maximum atomic E-state index is 13.1. The van der Waals surface area contributed by atoms with Gasteiger partial charge in [-0.25, -0.2) is 4.39 Å². The third-order valence-electron chi connectivity index (χ3n) is 2.20. The number of likely N-dealkylation sites (N-methyl/N-ethyl adjacent to an activating group) is 1. The Balaban J connectivity index is 3.14. The van der Waals surface area contributed by atoms with Crippen LogP contribution in [0.25, 0.3) is 6.08 Å². The number of hydrogen-bond acceptors (Lipinski definition) is 3. The fraction of sp³-hybridized carbons (Fsp3) is 0.273. The average molecular weight is 224 g/mol. The van der Waals surface area contributed by atoms with Crippen LogP contribution in [0, 0.1) is 22.9 Å². The summed E-state index contributed by atoms with van der Waals surface area (Å²) in [5.41, 5.74) is 0.810. The van der Waals surface area contributed by atoms with Crippen LogP contribution in [-0.2, 0) is 0 Å². The van der Waals surface area contributed by atoms with E-state index in [4.69, 9.17) is 0 Å². The third kappa shape index (κ3) is 2.87. The lowest BCUT2D eigenvalue weighted by Gasteiger charge is -2.02. The summed E-state index contributed by atoms with van der Waals surface area (Å²) in [4.78, 5) is 10.1. The Labute approximate surface area is 92.9 Å². The van der Waals surface area contributed by atoms with Crippen molar-refractivity contribution in [3.63, 3.8) is 0 Å². The minimum atomic E-state index is -0.596. The molecule has 0 saturated heterocycles. The number of halogens is 1. The van der Waals surface area contributed by atoms with Crippen LogP contribution >= 0.6 is 0 Å². The zero-order valence-corrected chi connectivity index (χ0v) is 9.16. The summed E-state index contributed by atoms with van der Waals surface area (Å²) in [6.45, 7) is 2.24. The summed E-state index contributed by atoms with van der Waals surface area (Å²) in [6, 6.07) is 2.22. The highest BCUT2D eigenvalue weighted by Crippen LogP contribution is 2.24. The maximum absolute atomic E-state index is 13.1. The molecule has 0 saturated carbocycles. The van der Waals surface area contributed by atoms with Crippen LogP contribution in [0.4, 0.5) is 10.1 Å². The SMILES string of the molecule is CNCC=Cc1cc(F)cc([N+](=O)[O-])c1C. The number of rotatable bonds is 4. The van der Waals surface area contributed by atoms with E-state index in [-0.39, 0.29) is 5.69 Å². The molecule has 0 aliphatic heterocycles. The Morgan fingerprint density at radius 2 is 2.25 bits per heavy atom. The molecule has 0 radical (unpaired) electrons. The first-order chi connectivity index (χ1) is 7.56. The number of hydrogen-bond donors (Lipinski definition) is 1. The van der Waals surface area contributed by atoms with Crippen LogP contribution < -0.4 is 5.32 Å². The second-order valence-electron chi connectivity index (χ2n) is 3.36. The lowest BCUT2D eigenvalue weighted by Crippen LogP contribution is -2.03. The Hall–Kier alpha value is -1.75. The van der Waals surface area contributed by atoms with E-state index in [0.29, 0.717) is 17.7 Å². The van der Waals surface area contributed by atoms with Crippen molar-refractivity contribution in [2.75, 3.05) is 13.6 Å². The quantitative estimate of drug-likeness (QED) is 0.630. The minimum absolute atomic E-state index is 0.191. The van der Waals surface area contributed by atoms with E-state index in [2.05, 4.69) is 5.32 Å². The zero-order valence-electron chi connectivity index (χ0n) is 9.16. The van der Waals surface area contributed by atoms with Crippen molar-refractivity contribution in [3.8, 4) is 0 Å². The molecular formula is C11H13FN2O2. The first-order valence-electron chi connectivity index (χ1n) is 4.82. The first-order valence-corrected chi connectivity index (χ1v) is 4.82. The smallest absolute Gasteiger partial charge is 0.275 e. The number of nitrogens with one attached hydrogen (secondary N) is 1. The van der Waals surface area contributed by atoms with Crippen molar-refractivity contribution in [3.05, 3.63) is 45.3 Å². The molecule has 5 heteroatoms. The standard InChI is InChI=1S/C11H13FN2O2/c1-8-9(4-3-5-13-2)6-10(12)7-11(8)14(15)16/h3-4,6-7,13H,5H2,1-2H3. The van der Waals surface area contributed by atoms with E-state index >= 15 is 0 Å². The highest BCUT2D eigenvalue weighted by Gasteiger charge is 2.14. The Morgan fingerprint density at radius 1 is 1.56 bits per heavy atom. The molecule has 0 unspecified atom stereocenters. The van der Waals surface area contributed by atoms with Crippen molar-refractivity contribution in [2.45, 2.75) is 6.92 Å². The highest BCUT2D eigenvalue weighted by molar-refractivity contribution is 5.60. The normalized spacial score (nSPS) is 10.9. The van der Waals surface area contributed by atoms with Gasteiger partial charge in [-0.1, -0.05) is 12.2 Å². The van der Waals surface area contributed by atoms with Gasteiger partial charge in [-0.3, -0.25) is 10.1 Å². The summed E-state index contributed by atoms with van der Waals surface area (Å²) < 4.78 is 13.1. The predicted octanol–water partition coefficient (Wildman–Crippen LogP) is 2.27. The van der Waals surface area contributed by atoms with Crippen molar-refractivity contribution in [1.82, 2.24) is 5.32 Å². The first kappa shape index (κ1) is 12.3. The van der Waals surface area contributed by atoms with Crippen molar-refractivity contribution >= 4 is 11.8 Å². The second kappa shape index (κ2) is 5.37. The van der Waals surface area contributed by atoms with Crippen LogP contribution in [0.3, 0.4) is 0 Å². The molecule has 0 aromatic heterocycles. The van der Waals surface area contributed by atoms with Crippen LogP contribution in [-0.4, -0.2) is 18.5 Å². The van der Waals surface area contributed by atoms with Gasteiger partial charge in [0.1, 0.15) is 5.82 Å². The Bertz CT molecular complexity index is 430. The van der Waals surface area contributed by atoms with Crippen molar-refractivity contribution in [2.24, 2.45) is 0 Å². The van der Waals surface area contributed by atoms with Gasteiger partial charge in [0.05, 0.1) is 11.0 Å². The Kier molecular flexibility index (Phi) is 4.13. The van der Waals surface area contributed by atoms with E-state index in [9.17, 15) is 14.5 Å².